The number of aliphatic carboxylic acids is 1. The van der Waals surface area contributed by atoms with Gasteiger partial charge in [0.15, 0.2) is 0 Å². The molecule has 0 aromatic heterocycles. The molecular formula is C13H24F2O2S. The van der Waals surface area contributed by atoms with E-state index in [9.17, 15) is 13.6 Å². The molecule has 0 aromatic carbocycles. The summed E-state index contributed by atoms with van der Waals surface area (Å²) in [6.45, 7) is 5.45. The smallest absolute Gasteiger partial charge is 0.316 e. The van der Waals surface area contributed by atoms with Crippen LogP contribution >= 0.6 is 11.8 Å². The number of carboxylic acid groups (broad SMARTS) is 1. The predicted octanol–water partition coefficient (Wildman–Crippen LogP) is 4.43. The Balaban J connectivity index is 3.77. The van der Waals surface area contributed by atoms with Gasteiger partial charge >= 0.3 is 5.97 Å². The maximum Gasteiger partial charge on any atom is 0.316 e. The monoisotopic (exact) mass is 282 g/mol. The summed E-state index contributed by atoms with van der Waals surface area (Å²) in [5.74, 6) is -2.38. The average Bonchev–Trinajstić information content (AvgIpc) is 2.26. The predicted molar refractivity (Wildman–Crippen MR) is 72.4 cm³/mol. The third-order valence-corrected chi connectivity index (χ3v) is 4.05. The fourth-order valence-corrected chi connectivity index (χ4v) is 2.88. The lowest BCUT2D eigenvalue weighted by Gasteiger charge is -2.15. The van der Waals surface area contributed by atoms with Crippen LogP contribution < -0.4 is 0 Å². The SMILES string of the molecule is CCC(F)(F)CCCCSC(CC(C)C)C(=O)O. The quantitative estimate of drug-likeness (QED) is 0.602. The van der Waals surface area contributed by atoms with E-state index in [4.69, 9.17) is 5.11 Å². The molecule has 1 unspecified atom stereocenters. The number of halogens is 2. The summed E-state index contributed by atoms with van der Waals surface area (Å²) in [7, 11) is 0. The summed E-state index contributed by atoms with van der Waals surface area (Å²) < 4.78 is 25.9. The second kappa shape index (κ2) is 8.73. The molecule has 0 aliphatic rings. The van der Waals surface area contributed by atoms with Crippen molar-refractivity contribution in [2.45, 2.75) is 64.0 Å². The summed E-state index contributed by atoms with van der Waals surface area (Å²) >= 11 is 1.37. The largest absolute Gasteiger partial charge is 0.480 e. The Labute approximate surface area is 113 Å². The standard InChI is InChI=1S/C13H24F2O2S/c1-4-13(14,15)7-5-6-8-18-11(12(16)17)9-10(2)3/h10-11H,4-9H2,1-3H3,(H,16,17). The maximum atomic E-state index is 12.9. The Hall–Kier alpha value is -0.320. The van der Waals surface area contributed by atoms with E-state index in [-0.39, 0.29) is 12.8 Å². The summed E-state index contributed by atoms with van der Waals surface area (Å²) in [6, 6.07) is 0. The molecule has 0 aliphatic heterocycles. The minimum atomic E-state index is -2.56. The van der Waals surface area contributed by atoms with Crippen LogP contribution in [0.5, 0.6) is 0 Å². The van der Waals surface area contributed by atoms with Crippen LogP contribution in [0.1, 0.15) is 52.9 Å². The Morgan fingerprint density at radius 2 is 1.94 bits per heavy atom. The van der Waals surface area contributed by atoms with Crippen LogP contribution in [0.15, 0.2) is 0 Å². The molecule has 1 N–H and O–H groups in total. The minimum Gasteiger partial charge on any atom is -0.480 e. The van der Waals surface area contributed by atoms with Crippen LogP contribution in [-0.4, -0.2) is 28.0 Å². The van der Waals surface area contributed by atoms with Gasteiger partial charge in [-0.3, -0.25) is 4.79 Å². The fraction of sp³-hybridized carbons (Fsp3) is 0.923. The molecule has 0 fully saturated rings. The van der Waals surface area contributed by atoms with Crippen molar-refractivity contribution in [3.8, 4) is 0 Å². The first kappa shape index (κ1) is 17.7. The summed E-state index contributed by atoms with van der Waals surface area (Å²) in [5, 5.41) is 8.60. The molecule has 0 radical (unpaired) electrons. The van der Waals surface area contributed by atoms with Crippen molar-refractivity contribution in [3.05, 3.63) is 0 Å². The van der Waals surface area contributed by atoms with Crippen LogP contribution in [0.3, 0.4) is 0 Å². The van der Waals surface area contributed by atoms with Gasteiger partial charge in [-0.05, 0) is 30.9 Å². The highest BCUT2D eigenvalue weighted by molar-refractivity contribution is 8.00. The lowest BCUT2D eigenvalue weighted by atomic mass is 10.1. The van der Waals surface area contributed by atoms with Gasteiger partial charge in [-0.2, -0.15) is 0 Å². The average molecular weight is 282 g/mol. The van der Waals surface area contributed by atoms with Crippen LogP contribution in [0, 0.1) is 5.92 Å². The van der Waals surface area contributed by atoms with Gasteiger partial charge in [0.05, 0.1) is 0 Å². The Morgan fingerprint density at radius 1 is 1.33 bits per heavy atom. The third-order valence-electron chi connectivity index (χ3n) is 2.73. The van der Waals surface area contributed by atoms with E-state index in [1.165, 1.54) is 18.7 Å². The normalized spacial score (nSPS) is 13.9. The van der Waals surface area contributed by atoms with Gasteiger partial charge in [-0.15, -0.1) is 11.8 Å². The van der Waals surface area contributed by atoms with Crippen LogP contribution in [0.4, 0.5) is 8.78 Å². The molecule has 5 heteroatoms. The molecule has 0 saturated carbocycles. The molecule has 0 saturated heterocycles. The zero-order valence-corrected chi connectivity index (χ0v) is 12.2. The highest BCUT2D eigenvalue weighted by atomic mass is 32.2. The van der Waals surface area contributed by atoms with Crippen LogP contribution in [-0.2, 0) is 4.79 Å². The lowest BCUT2D eigenvalue weighted by Crippen LogP contribution is -2.19. The van der Waals surface area contributed by atoms with E-state index in [0.717, 1.165) is 0 Å². The van der Waals surface area contributed by atoms with E-state index in [0.29, 0.717) is 30.9 Å². The first-order chi connectivity index (χ1) is 8.28. The molecule has 108 valence electrons. The molecule has 0 spiro atoms. The van der Waals surface area contributed by atoms with E-state index < -0.39 is 17.1 Å². The van der Waals surface area contributed by atoms with Crippen molar-refractivity contribution in [3.63, 3.8) is 0 Å². The van der Waals surface area contributed by atoms with Crippen molar-refractivity contribution >= 4 is 17.7 Å². The molecular weight excluding hydrogens is 258 g/mol. The van der Waals surface area contributed by atoms with Gasteiger partial charge in [0.2, 0.25) is 5.92 Å². The van der Waals surface area contributed by atoms with E-state index in [2.05, 4.69) is 0 Å². The minimum absolute atomic E-state index is 0.0913. The van der Waals surface area contributed by atoms with Crippen molar-refractivity contribution in [1.82, 2.24) is 0 Å². The number of carboxylic acids is 1. The van der Waals surface area contributed by atoms with Gasteiger partial charge in [-0.1, -0.05) is 20.8 Å². The Kier molecular flexibility index (Phi) is 8.57. The summed E-state index contributed by atoms with van der Waals surface area (Å²) in [5.41, 5.74) is 0. The number of carbonyl (C=O) groups is 1. The number of thioether (sulfide) groups is 1. The van der Waals surface area contributed by atoms with E-state index >= 15 is 0 Å². The third kappa shape index (κ3) is 8.72. The molecule has 2 nitrogen and oxygen atoms in total. The first-order valence-corrected chi connectivity index (χ1v) is 7.55. The molecule has 0 rings (SSSR count). The van der Waals surface area contributed by atoms with E-state index in [1.54, 1.807) is 0 Å². The molecule has 1 atom stereocenters. The van der Waals surface area contributed by atoms with Crippen molar-refractivity contribution in [2.75, 3.05) is 5.75 Å². The Morgan fingerprint density at radius 3 is 2.39 bits per heavy atom. The highest BCUT2D eigenvalue weighted by Gasteiger charge is 2.25. The zero-order chi connectivity index (χ0) is 14.2. The number of hydrogen-bond donors (Lipinski definition) is 1. The zero-order valence-electron chi connectivity index (χ0n) is 11.4. The van der Waals surface area contributed by atoms with Gasteiger partial charge in [0.25, 0.3) is 0 Å². The maximum absolute atomic E-state index is 12.9. The van der Waals surface area contributed by atoms with Gasteiger partial charge in [0, 0.05) is 12.8 Å². The van der Waals surface area contributed by atoms with Crippen molar-refractivity contribution < 1.29 is 18.7 Å². The summed E-state index contributed by atoms with van der Waals surface area (Å²) in [4.78, 5) is 11.0. The lowest BCUT2D eigenvalue weighted by molar-refractivity contribution is -0.136. The molecule has 0 amide bonds. The molecule has 0 aliphatic carbocycles. The second-order valence-corrected chi connectivity index (χ2v) is 6.30. The number of rotatable bonds is 10. The van der Waals surface area contributed by atoms with Gasteiger partial charge < -0.3 is 5.11 Å². The summed E-state index contributed by atoms with van der Waals surface area (Å²) in [6.07, 6.45) is 1.53. The topological polar surface area (TPSA) is 37.3 Å². The highest BCUT2D eigenvalue weighted by Crippen LogP contribution is 2.26. The van der Waals surface area contributed by atoms with Crippen LogP contribution in [0.2, 0.25) is 0 Å². The van der Waals surface area contributed by atoms with Crippen molar-refractivity contribution in [2.24, 2.45) is 5.92 Å². The molecule has 0 heterocycles. The van der Waals surface area contributed by atoms with Crippen LogP contribution in [0.25, 0.3) is 0 Å². The number of unbranched alkanes of at least 4 members (excludes halogenated alkanes) is 1. The first-order valence-electron chi connectivity index (χ1n) is 6.50. The number of alkyl halides is 2. The molecule has 18 heavy (non-hydrogen) atoms. The number of hydrogen-bond acceptors (Lipinski definition) is 2. The molecule has 0 bridgehead atoms. The fourth-order valence-electron chi connectivity index (χ4n) is 1.56. The Bertz CT molecular complexity index is 245. The van der Waals surface area contributed by atoms with Gasteiger partial charge in [0.1, 0.15) is 5.25 Å². The molecule has 0 aromatic rings. The van der Waals surface area contributed by atoms with Gasteiger partial charge in [-0.25, -0.2) is 8.78 Å². The van der Waals surface area contributed by atoms with Crippen molar-refractivity contribution in [1.29, 1.82) is 0 Å². The second-order valence-electron chi connectivity index (χ2n) is 4.99. The van der Waals surface area contributed by atoms with E-state index in [1.807, 2.05) is 13.8 Å².